The van der Waals surface area contributed by atoms with E-state index < -0.39 is 17.5 Å². The summed E-state index contributed by atoms with van der Waals surface area (Å²) in [4.78, 5) is 0. The number of benzene rings is 1. The van der Waals surface area contributed by atoms with Gasteiger partial charge in [0, 0.05) is 11.8 Å². The largest absolute Gasteiger partial charge is 0.397 e. The topological polar surface area (TPSA) is 64.1 Å². The third-order valence-corrected chi connectivity index (χ3v) is 1.56. The predicted octanol–water partition coefficient (Wildman–Crippen LogP) is 2.24. The van der Waals surface area contributed by atoms with Crippen molar-refractivity contribution in [1.29, 1.82) is 0 Å². The summed E-state index contributed by atoms with van der Waals surface area (Å²) >= 11 is 0. The summed E-state index contributed by atoms with van der Waals surface area (Å²) in [6.45, 7) is 4.25. The number of hydrogen-bond acceptors (Lipinski definition) is 3. The van der Waals surface area contributed by atoms with Crippen LogP contribution in [0.5, 0.6) is 0 Å². The Morgan fingerprint density at radius 2 is 1.65 bits per heavy atom. The lowest BCUT2D eigenvalue weighted by atomic mass is 10.1. The fourth-order valence-corrected chi connectivity index (χ4v) is 0.895. The molecular formula is C11H16F3N3. The van der Waals surface area contributed by atoms with Gasteiger partial charge in [0.2, 0.25) is 0 Å². The molecule has 0 aromatic heterocycles. The van der Waals surface area contributed by atoms with E-state index in [1.807, 2.05) is 0 Å². The van der Waals surface area contributed by atoms with E-state index in [4.69, 9.17) is 11.6 Å². The summed E-state index contributed by atoms with van der Waals surface area (Å²) < 4.78 is 37.9. The summed E-state index contributed by atoms with van der Waals surface area (Å²) in [7, 11) is 0. The molecule has 0 amide bonds. The highest BCUT2D eigenvalue weighted by Crippen LogP contribution is 2.16. The first-order valence-electron chi connectivity index (χ1n) is 5.04. The molecule has 96 valence electrons. The SMILES string of the molecule is CCC.NN/C=C(\N)c1cc(F)c(F)c(F)c1. The molecule has 0 aliphatic heterocycles. The molecule has 1 aromatic rings. The van der Waals surface area contributed by atoms with Crippen LogP contribution in [-0.4, -0.2) is 0 Å². The molecule has 0 heterocycles. The average Bonchev–Trinajstić information content (AvgIpc) is 2.26. The van der Waals surface area contributed by atoms with Crippen LogP contribution in [0.15, 0.2) is 18.3 Å². The van der Waals surface area contributed by atoms with E-state index in [2.05, 4.69) is 19.3 Å². The Morgan fingerprint density at radius 3 is 2.00 bits per heavy atom. The van der Waals surface area contributed by atoms with Gasteiger partial charge in [0.1, 0.15) is 0 Å². The number of hydrazine groups is 1. The first-order chi connectivity index (χ1) is 7.97. The number of rotatable bonds is 2. The van der Waals surface area contributed by atoms with Gasteiger partial charge in [-0.3, -0.25) is 5.84 Å². The summed E-state index contributed by atoms with van der Waals surface area (Å²) in [5.74, 6) is 0.784. The van der Waals surface area contributed by atoms with Crippen molar-refractivity contribution >= 4 is 5.70 Å². The first kappa shape index (κ1) is 15.3. The maximum Gasteiger partial charge on any atom is 0.194 e. The van der Waals surface area contributed by atoms with Crippen molar-refractivity contribution in [2.24, 2.45) is 11.6 Å². The van der Waals surface area contributed by atoms with Crippen LogP contribution in [0.2, 0.25) is 0 Å². The van der Waals surface area contributed by atoms with Crippen LogP contribution in [0.1, 0.15) is 25.8 Å². The lowest BCUT2D eigenvalue weighted by Gasteiger charge is -2.03. The van der Waals surface area contributed by atoms with Crippen LogP contribution in [0.3, 0.4) is 0 Å². The second-order valence-electron chi connectivity index (χ2n) is 3.23. The van der Waals surface area contributed by atoms with Crippen molar-refractivity contribution < 1.29 is 13.2 Å². The average molecular weight is 247 g/mol. The molecule has 0 saturated heterocycles. The maximum absolute atomic E-state index is 12.7. The van der Waals surface area contributed by atoms with Gasteiger partial charge in [-0.2, -0.15) is 0 Å². The van der Waals surface area contributed by atoms with Crippen molar-refractivity contribution in [3.63, 3.8) is 0 Å². The van der Waals surface area contributed by atoms with E-state index in [0.29, 0.717) is 0 Å². The lowest BCUT2D eigenvalue weighted by Crippen LogP contribution is -2.16. The predicted molar refractivity (Wildman–Crippen MR) is 61.8 cm³/mol. The van der Waals surface area contributed by atoms with Crippen LogP contribution >= 0.6 is 0 Å². The lowest BCUT2D eigenvalue weighted by molar-refractivity contribution is 0.446. The molecule has 3 nitrogen and oxygen atoms in total. The summed E-state index contributed by atoms with van der Waals surface area (Å²) in [5.41, 5.74) is 7.47. The second kappa shape index (κ2) is 7.56. The van der Waals surface area contributed by atoms with Crippen LogP contribution in [0.25, 0.3) is 5.70 Å². The zero-order chi connectivity index (χ0) is 13.4. The molecule has 17 heavy (non-hydrogen) atoms. The van der Waals surface area contributed by atoms with Crippen LogP contribution in [0, 0.1) is 17.5 Å². The van der Waals surface area contributed by atoms with Gasteiger partial charge in [0.25, 0.3) is 0 Å². The Kier molecular flexibility index (Phi) is 6.81. The van der Waals surface area contributed by atoms with Gasteiger partial charge in [-0.25, -0.2) is 13.2 Å². The molecular weight excluding hydrogens is 231 g/mol. The van der Waals surface area contributed by atoms with Gasteiger partial charge < -0.3 is 11.2 Å². The van der Waals surface area contributed by atoms with Crippen molar-refractivity contribution in [1.82, 2.24) is 5.43 Å². The molecule has 0 aliphatic rings. The molecule has 6 heteroatoms. The number of halogens is 3. The van der Waals surface area contributed by atoms with Crippen LogP contribution < -0.4 is 17.0 Å². The number of nitrogens with one attached hydrogen (secondary N) is 1. The van der Waals surface area contributed by atoms with Gasteiger partial charge in [-0.05, 0) is 12.1 Å². The highest BCUT2D eigenvalue weighted by atomic mass is 19.2. The molecule has 5 N–H and O–H groups in total. The van der Waals surface area contributed by atoms with E-state index >= 15 is 0 Å². The Labute approximate surface area is 98.3 Å². The zero-order valence-electron chi connectivity index (χ0n) is 9.73. The van der Waals surface area contributed by atoms with E-state index in [1.54, 1.807) is 0 Å². The quantitative estimate of drug-likeness (QED) is 0.426. The molecule has 0 unspecified atom stereocenters. The van der Waals surface area contributed by atoms with Crippen molar-refractivity contribution in [3.05, 3.63) is 41.3 Å². The van der Waals surface area contributed by atoms with Gasteiger partial charge in [0.05, 0.1) is 5.70 Å². The van der Waals surface area contributed by atoms with Crippen molar-refractivity contribution in [2.45, 2.75) is 20.3 Å². The Morgan fingerprint density at radius 1 is 1.24 bits per heavy atom. The summed E-state index contributed by atoms with van der Waals surface area (Å²) in [6, 6.07) is 1.56. The summed E-state index contributed by atoms with van der Waals surface area (Å²) in [6.07, 6.45) is 2.38. The van der Waals surface area contributed by atoms with Gasteiger partial charge in [0.15, 0.2) is 17.5 Å². The monoisotopic (exact) mass is 247 g/mol. The van der Waals surface area contributed by atoms with Crippen molar-refractivity contribution in [3.8, 4) is 0 Å². The molecule has 0 fully saturated rings. The van der Waals surface area contributed by atoms with E-state index in [0.717, 1.165) is 18.3 Å². The first-order valence-corrected chi connectivity index (χ1v) is 5.04. The summed E-state index contributed by atoms with van der Waals surface area (Å²) in [5, 5.41) is 0. The number of hydrogen-bond donors (Lipinski definition) is 3. The van der Waals surface area contributed by atoms with Crippen LogP contribution in [-0.2, 0) is 0 Å². The molecule has 0 aliphatic carbocycles. The minimum atomic E-state index is -1.53. The smallest absolute Gasteiger partial charge is 0.194 e. The molecule has 0 bridgehead atoms. The maximum atomic E-state index is 12.7. The Hall–Kier alpha value is -1.69. The molecule has 0 radical (unpaired) electrons. The Balaban J connectivity index is 0.000000770. The highest BCUT2D eigenvalue weighted by Gasteiger charge is 2.11. The van der Waals surface area contributed by atoms with E-state index in [-0.39, 0.29) is 11.3 Å². The standard InChI is InChI=1S/C8H8F3N3.C3H8/c9-5-1-4(7(12)3-14-13)2-6(10)8(5)11;1-3-2/h1-3,14H,12-13H2;3H2,1-2H3/b7-3-;. The van der Waals surface area contributed by atoms with Gasteiger partial charge in [-0.15, -0.1) is 0 Å². The Bertz CT molecular complexity index is 369. The zero-order valence-corrected chi connectivity index (χ0v) is 9.73. The molecule has 0 spiro atoms. The van der Waals surface area contributed by atoms with E-state index in [1.165, 1.54) is 6.42 Å². The fraction of sp³-hybridized carbons (Fsp3) is 0.273. The number of nitrogens with two attached hydrogens (primary N) is 2. The second-order valence-corrected chi connectivity index (χ2v) is 3.23. The molecule has 1 rings (SSSR count). The van der Waals surface area contributed by atoms with Gasteiger partial charge >= 0.3 is 0 Å². The third kappa shape index (κ3) is 4.78. The van der Waals surface area contributed by atoms with Gasteiger partial charge in [-0.1, -0.05) is 20.3 Å². The highest BCUT2D eigenvalue weighted by molar-refractivity contribution is 5.62. The minimum Gasteiger partial charge on any atom is -0.397 e. The van der Waals surface area contributed by atoms with E-state index in [9.17, 15) is 13.2 Å². The van der Waals surface area contributed by atoms with Crippen LogP contribution in [0.4, 0.5) is 13.2 Å². The normalized spacial score (nSPS) is 10.6. The molecule has 1 aromatic carbocycles. The molecule has 0 atom stereocenters. The minimum absolute atomic E-state index is 0.00491. The molecule has 0 saturated carbocycles. The van der Waals surface area contributed by atoms with Crippen molar-refractivity contribution in [2.75, 3.05) is 0 Å². The third-order valence-electron chi connectivity index (χ3n) is 1.56. The fourth-order valence-electron chi connectivity index (χ4n) is 0.895.